The lowest BCUT2D eigenvalue weighted by Gasteiger charge is -2.28. The molecule has 0 unspecified atom stereocenters. The molecule has 0 spiro atoms. The summed E-state index contributed by atoms with van der Waals surface area (Å²) >= 11 is 0. The van der Waals surface area contributed by atoms with E-state index in [-0.39, 0.29) is 5.91 Å². The maximum absolute atomic E-state index is 12.6. The monoisotopic (exact) mass is 272 g/mol. The summed E-state index contributed by atoms with van der Waals surface area (Å²) in [6, 6.07) is 7.69. The number of carbonyl (C=O) groups excluding carboxylic acids is 1. The summed E-state index contributed by atoms with van der Waals surface area (Å²) in [6.07, 6.45) is 3.34. The van der Waals surface area contributed by atoms with Gasteiger partial charge in [0.05, 0.1) is 11.2 Å². The van der Waals surface area contributed by atoms with E-state index in [1.807, 2.05) is 31.2 Å². The standard InChI is InChI=1S/C16H20N2O2/c1-4-18(11-16(2,3)20)15(19)14-10-17-9-12-7-5-6-8-13(12)14/h5-10,20H,4,11H2,1-3H3. The molecule has 2 rings (SSSR count). The van der Waals surface area contributed by atoms with E-state index >= 15 is 0 Å². The van der Waals surface area contributed by atoms with E-state index in [9.17, 15) is 9.90 Å². The highest BCUT2D eigenvalue weighted by Gasteiger charge is 2.23. The third-order valence-electron chi connectivity index (χ3n) is 3.15. The van der Waals surface area contributed by atoms with Gasteiger partial charge in [-0.05, 0) is 26.2 Å². The molecule has 0 atom stereocenters. The Bertz CT molecular complexity index is 612. The minimum atomic E-state index is -0.913. The van der Waals surface area contributed by atoms with Crippen LogP contribution in [0.2, 0.25) is 0 Å². The zero-order valence-electron chi connectivity index (χ0n) is 12.1. The third-order valence-corrected chi connectivity index (χ3v) is 3.15. The minimum absolute atomic E-state index is 0.0982. The van der Waals surface area contributed by atoms with Crippen LogP contribution in [0, 0.1) is 0 Å². The number of aromatic nitrogens is 1. The first kappa shape index (κ1) is 14.5. The predicted molar refractivity (Wildman–Crippen MR) is 79.6 cm³/mol. The molecule has 1 aromatic heterocycles. The largest absolute Gasteiger partial charge is 0.389 e. The van der Waals surface area contributed by atoms with Gasteiger partial charge < -0.3 is 10.0 Å². The second-order valence-electron chi connectivity index (χ2n) is 5.54. The summed E-state index contributed by atoms with van der Waals surface area (Å²) in [6.45, 7) is 6.15. The van der Waals surface area contributed by atoms with Crippen molar-refractivity contribution in [3.8, 4) is 0 Å². The Hall–Kier alpha value is -1.94. The topological polar surface area (TPSA) is 53.4 Å². The van der Waals surface area contributed by atoms with E-state index in [1.54, 1.807) is 31.1 Å². The number of amides is 1. The van der Waals surface area contributed by atoms with E-state index in [1.165, 1.54) is 0 Å². The van der Waals surface area contributed by atoms with Crippen molar-refractivity contribution in [1.29, 1.82) is 0 Å². The quantitative estimate of drug-likeness (QED) is 0.930. The lowest BCUT2D eigenvalue weighted by molar-refractivity contribution is 0.0315. The molecule has 0 bridgehead atoms. The lowest BCUT2D eigenvalue weighted by Crippen LogP contribution is -2.42. The molecular formula is C16H20N2O2. The van der Waals surface area contributed by atoms with Gasteiger partial charge >= 0.3 is 0 Å². The molecule has 20 heavy (non-hydrogen) atoms. The van der Waals surface area contributed by atoms with Crippen LogP contribution in [0.4, 0.5) is 0 Å². The van der Waals surface area contributed by atoms with Gasteiger partial charge in [-0.25, -0.2) is 0 Å². The van der Waals surface area contributed by atoms with E-state index in [0.717, 1.165) is 10.8 Å². The van der Waals surface area contributed by atoms with Crippen LogP contribution < -0.4 is 0 Å². The molecule has 1 N–H and O–H groups in total. The second kappa shape index (κ2) is 5.59. The lowest BCUT2D eigenvalue weighted by atomic mass is 10.1. The van der Waals surface area contributed by atoms with Gasteiger partial charge in [0.25, 0.3) is 5.91 Å². The van der Waals surface area contributed by atoms with Crippen LogP contribution in [-0.2, 0) is 0 Å². The average Bonchev–Trinajstić information content (AvgIpc) is 2.42. The van der Waals surface area contributed by atoms with Crippen LogP contribution in [0.1, 0.15) is 31.1 Å². The Morgan fingerprint density at radius 1 is 1.30 bits per heavy atom. The highest BCUT2D eigenvalue weighted by Crippen LogP contribution is 2.19. The maximum atomic E-state index is 12.6. The fraction of sp³-hybridized carbons (Fsp3) is 0.375. The van der Waals surface area contributed by atoms with E-state index in [4.69, 9.17) is 0 Å². The molecule has 1 heterocycles. The number of likely N-dealkylation sites (N-methyl/N-ethyl adjacent to an activating group) is 1. The van der Waals surface area contributed by atoms with Gasteiger partial charge in [-0.15, -0.1) is 0 Å². The molecule has 0 aliphatic rings. The number of hydrogen-bond donors (Lipinski definition) is 1. The van der Waals surface area contributed by atoms with Crippen LogP contribution in [0.15, 0.2) is 36.7 Å². The number of fused-ring (bicyclic) bond motifs is 1. The summed E-state index contributed by atoms with van der Waals surface area (Å²) in [5.74, 6) is -0.0982. The summed E-state index contributed by atoms with van der Waals surface area (Å²) in [4.78, 5) is 18.4. The Morgan fingerprint density at radius 3 is 2.65 bits per heavy atom. The van der Waals surface area contributed by atoms with Gasteiger partial charge in [0.1, 0.15) is 0 Å². The molecule has 0 aliphatic carbocycles. The van der Waals surface area contributed by atoms with Gasteiger partial charge in [0, 0.05) is 30.9 Å². The second-order valence-corrected chi connectivity index (χ2v) is 5.54. The van der Waals surface area contributed by atoms with Crippen molar-refractivity contribution in [3.63, 3.8) is 0 Å². The smallest absolute Gasteiger partial charge is 0.256 e. The summed E-state index contributed by atoms with van der Waals surface area (Å²) in [7, 11) is 0. The fourth-order valence-corrected chi connectivity index (χ4v) is 2.25. The van der Waals surface area contributed by atoms with Crippen LogP contribution in [0.3, 0.4) is 0 Å². The Labute approximate surface area is 119 Å². The molecule has 2 aromatic rings. The molecule has 4 heteroatoms. The van der Waals surface area contributed by atoms with Gasteiger partial charge in [-0.1, -0.05) is 24.3 Å². The zero-order chi connectivity index (χ0) is 14.8. The SMILES string of the molecule is CCN(CC(C)(C)O)C(=O)c1cncc2ccccc12. The highest BCUT2D eigenvalue weighted by atomic mass is 16.3. The van der Waals surface area contributed by atoms with Crippen LogP contribution in [0.25, 0.3) is 10.8 Å². The van der Waals surface area contributed by atoms with Crippen molar-refractivity contribution in [2.75, 3.05) is 13.1 Å². The molecule has 106 valence electrons. The molecule has 1 amide bonds. The number of aliphatic hydroxyl groups is 1. The van der Waals surface area contributed by atoms with Crippen LogP contribution in [-0.4, -0.2) is 39.6 Å². The summed E-state index contributed by atoms with van der Waals surface area (Å²) in [5.41, 5.74) is -0.335. The van der Waals surface area contributed by atoms with Crippen LogP contribution in [0.5, 0.6) is 0 Å². The van der Waals surface area contributed by atoms with Crippen molar-refractivity contribution in [2.45, 2.75) is 26.4 Å². The Balaban J connectivity index is 2.40. The van der Waals surface area contributed by atoms with E-state index in [0.29, 0.717) is 18.7 Å². The van der Waals surface area contributed by atoms with E-state index < -0.39 is 5.60 Å². The fourth-order valence-electron chi connectivity index (χ4n) is 2.25. The molecule has 0 radical (unpaired) electrons. The van der Waals surface area contributed by atoms with Crippen molar-refractivity contribution >= 4 is 16.7 Å². The highest BCUT2D eigenvalue weighted by molar-refractivity contribution is 6.06. The van der Waals surface area contributed by atoms with E-state index in [2.05, 4.69) is 4.98 Å². The van der Waals surface area contributed by atoms with Crippen molar-refractivity contribution in [2.24, 2.45) is 0 Å². The number of hydrogen-bond acceptors (Lipinski definition) is 3. The number of benzene rings is 1. The first-order valence-corrected chi connectivity index (χ1v) is 6.77. The Morgan fingerprint density at radius 2 is 2.00 bits per heavy atom. The molecule has 0 aliphatic heterocycles. The van der Waals surface area contributed by atoms with Gasteiger partial charge in [0.2, 0.25) is 0 Å². The van der Waals surface area contributed by atoms with Gasteiger partial charge in [-0.3, -0.25) is 9.78 Å². The first-order chi connectivity index (χ1) is 9.42. The van der Waals surface area contributed by atoms with Crippen molar-refractivity contribution in [3.05, 3.63) is 42.2 Å². The maximum Gasteiger partial charge on any atom is 0.256 e. The Kier molecular flexibility index (Phi) is 4.04. The molecule has 0 saturated carbocycles. The van der Waals surface area contributed by atoms with Gasteiger partial charge in [0.15, 0.2) is 0 Å². The summed E-state index contributed by atoms with van der Waals surface area (Å²) in [5, 5.41) is 11.8. The van der Waals surface area contributed by atoms with Crippen LogP contribution >= 0.6 is 0 Å². The predicted octanol–water partition coefficient (Wildman–Crippen LogP) is 2.47. The summed E-state index contributed by atoms with van der Waals surface area (Å²) < 4.78 is 0. The molecule has 1 aromatic carbocycles. The first-order valence-electron chi connectivity index (χ1n) is 6.77. The van der Waals surface area contributed by atoms with Crippen molar-refractivity contribution in [1.82, 2.24) is 9.88 Å². The third kappa shape index (κ3) is 3.14. The number of rotatable bonds is 4. The average molecular weight is 272 g/mol. The normalized spacial score (nSPS) is 11.6. The number of carbonyl (C=O) groups is 1. The van der Waals surface area contributed by atoms with Crippen molar-refractivity contribution < 1.29 is 9.90 Å². The number of nitrogens with zero attached hydrogens (tertiary/aromatic N) is 2. The number of pyridine rings is 1. The molecular weight excluding hydrogens is 252 g/mol. The molecule has 4 nitrogen and oxygen atoms in total. The minimum Gasteiger partial charge on any atom is -0.389 e. The molecule has 0 fully saturated rings. The van der Waals surface area contributed by atoms with Gasteiger partial charge in [-0.2, -0.15) is 0 Å². The zero-order valence-corrected chi connectivity index (χ0v) is 12.1. The molecule has 0 saturated heterocycles.